The molecule has 0 aliphatic rings. The molecule has 0 aromatic heterocycles. The minimum Gasteiger partial charge on any atom is -0.399 e. The maximum Gasteiger partial charge on any atom is 0.272 e. The van der Waals surface area contributed by atoms with Crippen molar-refractivity contribution in [1.82, 2.24) is 5.43 Å². The van der Waals surface area contributed by atoms with Gasteiger partial charge < -0.3 is 5.73 Å². The van der Waals surface area contributed by atoms with E-state index in [1.807, 2.05) is 0 Å². The number of hydrogen-bond acceptors (Lipinski definition) is 5. The quantitative estimate of drug-likeness (QED) is 0.390. The van der Waals surface area contributed by atoms with E-state index in [9.17, 15) is 19.3 Å². The lowest BCUT2D eigenvalue weighted by Gasteiger charge is -2.02. The SMILES string of the molecule is Nc1cc(C(=O)N/N=C\c2cccc(F)c2)cc([N+](=O)[O-])c1. The van der Waals surface area contributed by atoms with Crippen LogP contribution in [0.3, 0.4) is 0 Å². The van der Waals surface area contributed by atoms with Gasteiger partial charge in [-0.3, -0.25) is 14.9 Å². The number of hydrazone groups is 1. The number of rotatable bonds is 4. The van der Waals surface area contributed by atoms with Crippen molar-refractivity contribution >= 4 is 23.5 Å². The molecule has 7 nitrogen and oxygen atoms in total. The zero-order chi connectivity index (χ0) is 16.1. The number of nitrogens with zero attached hydrogens (tertiary/aromatic N) is 2. The molecule has 0 saturated carbocycles. The van der Waals surface area contributed by atoms with E-state index in [1.165, 1.54) is 30.5 Å². The first kappa shape index (κ1) is 15.1. The molecule has 2 rings (SSSR count). The van der Waals surface area contributed by atoms with Crippen LogP contribution >= 0.6 is 0 Å². The molecule has 0 fully saturated rings. The number of halogens is 1. The number of benzene rings is 2. The Balaban J connectivity index is 2.11. The number of carbonyl (C=O) groups excluding carboxylic acids is 1. The van der Waals surface area contributed by atoms with E-state index < -0.39 is 16.6 Å². The fourth-order valence-electron chi connectivity index (χ4n) is 1.69. The first-order valence-corrected chi connectivity index (χ1v) is 6.09. The van der Waals surface area contributed by atoms with Gasteiger partial charge in [-0.1, -0.05) is 12.1 Å². The van der Waals surface area contributed by atoms with Gasteiger partial charge in [0.2, 0.25) is 0 Å². The molecule has 0 heterocycles. The van der Waals surface area contributed by atoms with Crippen molar-refractivity contribution in [2.45, 2.75) is 0 Å². The molecule has 2 aromatic carbocycles. The molecule has 0 spiro atoms. The van der Waals surface area contributed by atoms with Crippen LogP contribution in [0.5, 0.6) is 0 Å². The highest BCUT2D eigenvalue weighted by atomic mass is 19.1. The Morgan fingerprint density at radius 1 is 1.32 bits per heavy atom. The average molecular weight is 302 g/mol. The van der Waals surface area contributed by atoms with Crippen molar-refractivity contribution in [3.8, 4) is 0 Å². The van der Waals surface area contributed by atoms with Crippen LogP contribution in [0.4, 0.5) is 15.8 Å². The largest absolute Gasteiger partial charge is 0.399 e. The summed E-state index contributed by atoms with van der Waals surface area (Å²) in [6.45, 7) is 0. The Kier molecular flexibility index (Phi) is 4.42. The molecule has 112 valence electrons. The molecule has 22 heavy (non-hydrogen) atoms. The molecule has 2 aromatic rings. The van der Waals surface area contributed by atoms with Gasteiger partial charge in [0, 0.05) is 17.8 Å². The van der Waals surface area contributed by atoms with E-state index in [4.69, 9.17) is 5.73 Å². The first-order valence-electron chi connectivity index (χ1n) is 6.09. The number of nitrogens with one attached hydrogen (secondary N) is 1. The molecule has 0 bridgehead atoms. The highest BCUT2D eigenvalue weighted by molar-refractivity contribution is 5.96. The van der Waals surface area contributed by atoms with Crippen molar-refractivity contribution < 1.29 is 14.1 Å². The van der Waals surface area contributed by atoms with Crippen LogP contribution in [-0.2, 0) is 0 Å². The zero-order valence-corrected chi connectivity index (χ0v) is 11.2. The van der Waals surface area contributed by atoms with Crippen LogP contribution in [0.1, 0.15) is 15.9 Å². The smallest absolute Gasteiger partial charge is 0.272 e. The standard InChI is InChI=1S/C14H11FN4O3/c15-11-3-1-2-9(4-11)8-17-18-14(20)10-5-12(16)7-13(6-10)19(21)22/h1-8H,16H2,(H,18,20)/b17-8-. The predicted octanol–water partition coefficient (Wildman–Crippen LogP) is 2.08. The Morgan fingerprint density at radius 2 is 2.09 bits per heavy atom. The zero-order valence-electron chi connectivity index (χ0n) is 11.2. The summed E-state index contributed by atoms with van der Waals surface area (Å²) in [5.41, 5.74) is 7.96. The molecule has 0 aliphatic heterocycles. The van der Waals surface area contributed by atoms with E-state index in [0.29, 0.717) is 5.56 Å². The van der Waals surface area contributed by atoms with Crippen LogP contribution in [0.15, 0.2) is 47.6 Å². The Morgan fingerprint density at radius 3 is 2.77 bits per heavy atom. The lowest BCUT2D eigenvalue weighted by molar-refractivity contribution is -0.384. The summed E-state index contributed by atoms with van der Waals surface area (Å²) in [6.07, 6.45) is 1.25. The summed E-state index contributed by atoms with van der Waals surface area (Å²) in [4.78, 5) is 21.9. The van der Waals surface area contributed by atoms with Gasteiger partial charge in [-0.25, -0.2) is 9.82 Å². The number of amides is 1. The van der Waals surface area contributed by atoms with E-state index in [2.05, 4.69) is 10.5 Å². The van der Waals surface area contributed by atoms with E-state index in [1.54, 1.807) is 6.07 Å². The molecule has 0 atom stereocenters. The van der Waals surface area contributed by atoms with E-state index in [0.717, 1.165) is 12.1 Å². The maximum atomic E-state index is 13.0. The molecule has 0 saturated heterocycles. The molecule has 3 N–H and O–H groups in total. The molecule has 0 radical (unpaired) electrons. The van der Waals surface area contributed by atoms with Gasteiger partial charge in [0.15, 0.2) is 0 Å². The number of hydrogen-bond donors (Lipinski definition) is 2. The average Bonchev–Trinajstić information content (AvgIpc) is 2.46. The molecule has 8 heteroatoms. The summed E-state index contributed by atoms with van der Waals surface area (Å²) in [6, 6.07) is 9.14. The summed E-state index contributed by atoms with van der Waals surface area (Å²) < 4.78 is 13.0. The molecule has 0 aliphatic carbocycles. The number of nitrogen functional groups attached to an aromatic ring is 1. The summed E-state index contributed by atoms with van der Waals surface area (Å²) in [5, 5.41) is 14.4. The number of non-ortho nitro benzene ring substituents is 1. The summed E-state index contributed by atoms with van der Waals surface area (Å²) >= 11 is 0. The number of carbonyl (C=O) groups is 1. The second kappa shape index (κ2) is 6.44. The van der Waals surface area contributed by atoms with Crippen molar-refractivity contribution in [3.63, 3.8) is 0 Å². The normalized spacial score (nSPS) is 10.6. The number of anilines is 1. The minimum absolute atomic E-state index is 0.00286. The van der Waals surface area contributed by atoms with E-state index >= 15 is 0 Å². The highest BCUT2D eigenvalue weighted by Gasteiger charge is 2.13. The van der Waals surface area contributed by atoms with Crippen molar-refractivity contribution in [1.29, 1.82) is 0 Å². The summed E-state index contributed by atoms with van der Waals surface area (Å²) in [7, 11) is 0. The van der Waals surface area contributed by atoms with Crippen molar-refractivity contribution in [2.75, 3.05) is 5.73 Å². The Bertz CT molecular complexity index is 762. The fraction of sp³-hybridized carbons (Fsp3) is 0. The van der Waals surface area contributed by atoms with Gasteiger partial charge >= 0.3 is 0 Å². The topological polar surface area (TPSA) is 111 Å². The van der Waals surface area contributed by atoms with Crippen LogP contribution < -0.4 is 11.2 Å². The van der Waals surface area contributed by atoms with Crippen LogP contribution in [0, 0.1) is 15.9 Å². The Labute approximate surface area is 124 Å². The third kappa shape index (κ3) is 3.85. The van der Waals surface area contributed by atoms with Gasteiger partial charge in [0.1, 0.15) is 5.82 Å². The fourth-order valence-corrected chi connectivity index (χ4v) is 1.69. The number of nitro benzene ring substituents is 1. The molecule has 1 amide bonds. The van der Waals surface area contributed by atoms with Gasteiger partial charge in [-0.2, -0.15) is 5.10 Å². The number of nitrogens with two attached hydrogens (primary N) is 1. The van der Waals surface area contributed by atoms with Crippen molar-refractivity contribution in [3.05, 3.63) is 69.5 Å². The lowest BCUT2D eigenvalue weighted by atomic mass is 10.1. The van der Waals surface area contributed by atoms with Crippen LogP contribution in [0.25, 0.3) is 0 Å². The molecular formula is C14H11FN4O3. The van der Waals surface area contributed by atoms with Crippen LogP contribution in [-0.4, -0.2) is 17.0 Å². The summed E-state index contributed by atoms with van der Waals surface area (Å²) in [5.74, 6) is -1.09. The van der Waals surface area contributed by atoms with Gasteiger partial charge in [0.25, 0.3) is 11.6 Å². The monoisotopic (exact) mass is 302 g/mol. The predicted molar refractivity (Wildman–Crippen MR) is 79.0 cm³/mol. The first-order chi connectivity index (χ1) is 10.5. The molecular weight excluding hydrogens is 291 g/mol. The van der Waals surface area contributed by atoms with Gasteiger partial charge in [-0.15, -0.1) is 0 Å². The number of nitro groups is 1. The molecule has 0 unspecified atom stereocenters. The van der Waals surface area contributed by atoms with E-state index in [-0.39, 0.29) is 16.9 Å². The third-order valence-corrected chi connectivity index (χ3v) is 2.64. The van der Waals surface area contributed by atoms with Gasteiger partial charge in [0.05, 0.1) is 16.7 Å². The Hall–Kier alpha value is -3.29. The third-order valence-electron chi connectivity index (χ3n) is 2.64. The van der Waals surface area contributed by atoms with Gasteiger partial charge in [-0.05, 0) is 23.8 Å². The lowest BCUT2D eigenvalue weighted by Crippen LogP contribution is -2.18. The van der Waals surface area contributed by atoms with Crippen molar-refractivity contribution in [2.24, 2.45) is 5.10 Å². The maximum absolute atomic E-state index is 13.0. The second-order valence-electron chi connectivity index (χ2n) is 4.32. The minimum atomic E-state index is -0.664. The van der Waals surface area contributed by atoms with Crippen LogP contribution in [0.2, 0.25) is 0 Å². The highest BCUT2D eigenvalue weighted by Crippen LogP contribution is 2.18. The second-order valence-corrected chi connectivity index (χ2v) is 4.32.